The summed E-state index contributed by atoms with van der Waals surface area (Å²) in [5.74, 6) is -0.467. The summed E-state index contributed by atoms with van der Waals surface area (Å²) < 4.78 is 14.3. The van der Waals surface area contributed by atoms with Crippen molar-refractivity contribution in [1.82, 2.24) is 4.90 Å². The van der Waals surface area contributed by atoms with Gasteiger partial charge in [0.2, 0.25) is 5.91 Å². The molecule has 1 amide bonds. The zero-order valence-electron chi connectivity index (χ0n) is 15.2. The van der Waals surface area contributed by atoms with Crippen molar-refractivity contribution in [3.63, 3.8) is 0 Å². The Bertz CT molecular complexity index is 1030. The van der Waals surface area contributed by atoms with Crippen molar-refractivity contribution in [2.75, 3.05) is 17.4 Å². The fraction of sp³-hybridized carbons (Fsp3) is 0.238. The summed E-state index contributed by atoms with van der Waals surface area (Å²) in [4.78, 5) is 16.6. The average Bonchev–Trinajstić information content (AvgIpc) is 2.70. The molecule has 0 saturated carbocycles. The van der Waals surface area contributed by atoms with Gasteiger partial charge in [-0.25, -0.2) is 4.39 Å². The van der Waals surface area contributed by atoms with E-state index in [1.54, 1.807) is 23.1 Å². The molecule has 1 unspecified atom stereocenters. The van der Waals surface area contributed by atoms with E-state index in [1.807, 2.05) is 25.1 Å². The van der Waals surface area contributed by atoms with Crippen LogP contribution in [0.1, 0.15) is 23.5 Å². The van der Waals surface area contributed by atoms with Gasteiger partial charge >= 0.3 is 0 Å². The average molecular weight is 414 g/mol. The third-order valence-corrected chi connectivity index (χ3v) is 6.72. The number of fused-ring (bicyclic) bond motifs is 1. The van der Waals surface area contributed by atoms with Crippen LogP contribution in [0.15, 0.2) is 53.1 Å². The first-order valence-electron chi connectivity index (χ1n) is 8.83. The molecule has 142 valence electrons. The lowest BCUT2D eigenvalue weighted by Gasteiger charge is -2.42. The number of nitriles is 1. The van der Waals surface area contributed by atoms with Gasteiger partial charge in [0.15, 0.2) is 0 Å². The second kappa shape index (κ2) is 7.50. The number of hydrogen-bond donors (Lipinski definition) is 0. The highest BCUT2D eigenvalue weighted by Gasteiger charge is 2.39. The van der Waals surface area contributed by atoms with Gasteiger partial charge in [0.1, 0.15) is 5.82 Å². The van der Waals surface area contributed by atoms with Crippen LogP contribution in [0.4, 0.5) is 10.1 Å². The van der Waals surface area contributed by atoms with Crippen molar-refractivity contribution in [1.29, 1.82) is 5.26 Å². The molecule has 0 aliphatic carbocycles. The van der Waals surface area contributed by atoms with Crippen LogP contribution in [-0.4, -0.2) is 23.4 Å². The second-order valence-electron chi connectivity index (χ2n) is 6.77. The summed E-state index contributed by atoms with van der Waals surface area (Å²) in [5, 5.41) is 11.1. The molecular weight excluding hydrogens is 397 g/mol. The van der Waals surface area contributed by atoms with E-state index in [4.69, 9.17) is 11.6 Å². The van der Waals surface area contributed by atoms with Gasteiger partial charge < -0.3 is 4.90 Å². The zero-order chi connectivity index (χ0) is 19.8. The molecule has 0 radical (unpaired) electrons. The van der Waals surface area contributed by atoms with Crippen molar-refractivity contribution in [3.8, 4) is 6.07 Å². The molecular formula is C21H17ClFN3OS. The van der Waals surface area contributed by atoms with Gasteiger partial charge in [0.25, 0.3) is 0 Å². The number of rotatable bonds is 2. The molecule has 2 aromatic carbocycles. The summed E-state index contributed by atoms with van der Waals surface area (Å²) in [6.07, 6.45) is 0.0796. The lowest BCUT2D eigenvalue weighted by atomic mass is 9.86. The van der Waals surface area contributed by atoms with Gasteiger partial charge in [-0.2, -0.15) is 5.26 Å². The normalized spacial score (nSPS) is 19.5. The number of hydrogen-bond acceptors (Lipinski definition) is 4. The molecule has 4 nitrogen and oxygen atoms in total. The van der Waals surface area contributed by atoms with E-state index in [2.05, 4.69) is 11.0 Å². The first kappa shape index (κ1) is 18.9. The third-order valence-electron chi connectivity index (χ3n) is 5.15. The largest absolute Gasteiger partial charge is 0.343 e. The minimum absolute atomic E-state index is 0.0796. The van der Waals surface area contributed by atoms with E-state index in [1.165, 1.54) is 17.8 Å². The van der Waals surface area contributed by atoms with Crippen LogP contribution in [0.5, 0.6) is 0 Å². The molecule has 2 aliphatic heterocycles. The standard InChI is InChI=1S/C21H17ClFN3OS/c1-13-17(22)6-4-8-19(13)25-11-26-20(27)9-15(14-5-2-3-7-18(14)23)16(10-24)21(26)28-12-25/h2-8,15H,9,11-12H2,1H3. The quantitative estimate of drug-likeness (QED) is 0.694. The Morgan fingerprint density at radius 1 is 1.25 bits per heavy atom. The van der Waals surface area contributed by atoms with Gasteiger partial charge in [0.05, 0.1) is 29.2 Å². The van der Waals surface area contributed by atoms with Crippen molar-refractivity contribution >= 4 is 35.0 Å². The number of carbonyl (C=O) groups excluding carboxylic acids is 1. The summed E-state index contributed by atoms with van der Waals surface area (Å²) in [6, 6.07) is 14.3. The Balaban J connectivity index is 1.70. The number of allylic oxidation sites excluding steroid dienone is 1. The van der Waals surface area contributed by atoms with Crippen LogP contribution in [0, 0.1) is 24.1 Å². The molecule has 1 fully saturated rings. The van der Waals surface area contributed by atoms with E-state index in [9.17, 15) is 14.4 Å². The highest BCUT2D eigenvalue weighted by Crippen LogP contribution is 2.44. The Hall–Kier alpha value is -2.49. The van der Waals surface area contributed by atoms with Crippen LogP contribution in [0.3, 0.4) is 0 Å². The van der Waals surface area contributed by atoms with E-state index < -0.39 is 5.92 Å². The zero-order valence-corrected chi connectivity index (χ0v) is 16.7. The molecule has 1 atom stereocenters. The van der Waals surface area contributed by atoms with Gasteiger partial charge in [-0.3, -0.25) is 9.69 Å². The smallest absolute Gasteiger partial charge is 0.229 e. The maximum atomic E-state index is 14.3. The maximum Gasteiger partial charge on any atom is 0.229 e. The predicted molar refractivity (Wildman–Crippen MR) is 109 cm³/mol. The van der Waals surface area contributed by atoms with Gasteiger partial charge in [-0.15, -0.1) is 0 Å². The van der Waals surface area contributed by atoms with Crippen molar-refractivity contribution in [3.05, 3.63) is 75.0 Å². The third kappa shape index (κ3) is 3.15. The topological polar surface area (TPSA) is 47.3 Å². The summed E-state index contributed by atoms with van der Waals surface area (Å²) in [5.41, 5.74) is 2.76. The number of carbonyl (C=O) groups is 1. The molecule has 7 heteroatoms. The van der Waals surface area contributed by atoms with Gasteiger partial charge in [-0.05, 0) is 36.2 Å². The van der Waals surface area contributed by atoms with Crippen molar-refractivity contribution in [2.24, 2.45) is 0 Å². The van der Waals surface area contributed by atoms with Crippen LogP contribution in [-0.2, 0) is 4.79 Å². The Kier molecular flexibility index (Phi) is 5.05. The number of nitrogens with zero attached hydrogens (tertiary/aromatic N) is 3. The number of benzene rings is 2. The first-order valence-corrected chi connectivity index (χ1v) is 10.2. The molecule has 1 saturated heterocycles. The van der Waals surface area contributed by atoms with E-state index in [0.717, 1.165) is 11.3 Å². The first-order chi connectivity index (χ1) is 13.5. The second-order valence-corrected chi connectivity index (χ2v) is 8.11. The molecule has 2 aliphatic rings. The van der Waals surface area contributed by atoms with Crippen molar-refractivity contribution in [2.45, 2.75) is 19.3 Å². The molecule has 0 N–H and O–H groups in total. The number of halogens is 2. The van der Waals surface area contributed by atoms with E-state index >= 15 is 0 Å². The molecule has 2 aromatic rings. The summed E-state index contributed by atoms with van der Waals surface area (Å²) in [7, 11) is 0. The molecule has 28 heavy (non-hydrogen) atoms. The van der Waals surface area contributed by atoms with Crippen LogP contribution in [0.25, 0.3) is 0 Å². The highest BCUT2D eigenvalue weighted by molar-refractivity contribution is 8.03. The number of thioether (sulfide) groups is 1. The van der Waals surface area contributed by atoms with Crippen LogP contribution in [0.2, 0.25) is 5.02 Å². The maximum absolute atomic E-state index is 14.3. The van der Waals surface area contributed by atoms with Crippen molar-refractivity contribution < 1.29 is 9.18 Å². The number of amides is 1. The minimum Gasteiger partial charge on any atom is -0.343 e. The molecule has 2 heterocycles. The predicted octanol–water partition coefficient (Wildman–Crippen LogP) is 5.01. The molecule has 4 rings (SSSR count). The van der Waals surface area contributed by atoms with E-state index in [-0.39, 0.29) is 18.1 Å². The fourth-order valence-corrected chi connectivity index (χ4v) is 5.00. The minimum atomic E-state index is -0.545. The molecule has 0 bridgehead atoms. The summed E-state index contributed by atoms with van der Waals surface area (Å²) >= 11 is 7.67. The fourth-order valence-electron chi connectivity index (χ4n) is 3.68. The molecule has 0 aromatic heterocycles. The Morgan fingerprint density at radius 3 is 2.79 bits per heavy atom. The number of anilines is 1. The van der Waals surface area contributed by atoms with Crippen LogP contribution >= 0.6 is 23.4 Å². The lowest BCUT2D eigenvalue weighted by molar-refractivity contribution is -0.129. The Labute approximate surface area is 172 Å². The monoisotopic (exact) mass is 413 g/mol. The van der Waals surface area contributed by atoms with Gasteiger partial charge in [-0.1, -0.05) is 47.6 Å². The summed E-state index contributed by atoms with van der Waals surface area (Å²) in [6.45, 7) is 2.29. The van der Waals surface area contributed by atoms with Gasteiger partial charge in [0, 0.05) is 23.0 Å². The molecule has 0 spiro atoms. The highest BCUT2D eigenvalue weighted by atomic mass is 35.5. The SMILES string of the molecule is Cc1c(Cl)cccc1N1CSC2=C(C#N)C(c3ccccc3F)CC(=O)N2C1. The van der Waals surface area contributed by atoms with E-state index in [0.29, 0.717) is 33.7 Å². The lowest BCUT2D eigenvalue weighted by Crippen LogP contribution is -2.47. The Morgan fingerprint density at radius 2 is 2.04 bits per heavy atom. The van der Waals surface area contributed by atoms with Crippen LogP contribution < -0.4 is 4.90 Å².